The van der Waals surface area contributed by atoms with E-state index in [1.54, 1.807) is 6.33 Å². The molecule has 1 amide bonds. The van der Waals surface area contributed by atoms with E-state index in [4.69, 9.17) is 5.11 Å². The molecule has 1 unspecified atom stereocenters. The van der Waals surface area contributed by atoms with E-state index >= 15 is 0 Å². The number of amides is 1. The van der Waals surface area contributed by atoms with Crippen LogP contribution < -0.4 is 5.32 Å². The highest BCUT2D eigenvalue weighted by atomic mass is 16.3. The molecule has 5 rings (SSSR count). The molecule has 4 aromatic rings. The zero-order valence-electron chi connectivity index (χ0n) is 23.0. The molecule has 0 aliphatic carbocycles. The minimum Gasteiger partial charge on any atom is -0.395 e. The highest BCUT2D eigenvalue weighted by molar-refractivity contribution is 5.92. The molecular weight excluding hydrogens is 476 g/mol. The van der Waals surface area contributed by atoms with E-state index < -0.39 is 0 Å². The second-order valence-corrected chi connectivity index (χ2v) is 11.1. The number of carbonyl (C=O) groups excluding carboxylic acids is 1. The molecule has 8 nitrogen and oxygen atoms in total. The number of hydrogen-bond acceptors (Lipinski definition) is 5. The van der Waals surface area contributed by atoms with Gasteiger partial charge < -0.3 is 20.3 Å². The molecule has 3 N–H and O–H groups in total. The zero-order valence-corrected chi connectivity index (χ0v) is 23.0. The van der Waals surface area contributed by atoms with Gasteiger partial charge >= 0.3 is 0 Å². The number of benzene rings is 1. The Kier molecular flexibility index (Phi) is 7.81. The average Bonchev–Trinajstić information content (AvgIpc) is 3.55. The summed E-state index contributed by atoms with van der Waals surface area (Å²) in [5.41, 5.74) is 8.25. The zero-order chi connectivity index (χ0) is 26.8. The Bertz CT molecular complexity index is 1410. The summed E-state index contributed by atoms with van der Waals surface area (Å²) < 4.78 is 1.86. The Morgan fingerprint density at radius 2 is 2.00 bits per heavy atom. The third-order valence-electron chi connectivity index (χ3n) is 8.14. The molecule has 0 bridgehead atoms. The Morgan fingerprint density at radius 1 is 1.21 bits per heavy atom. The van der Waals surface area contributed by atoms with Gasteiger partial charge in [0.05, 0.1) is 12.3 Å². The maximum absolute atomic E-state index is 11.9. The van der Waals surface area contributed by atoms with Crippen molar-refractivity contribution >= 4 is 22.5 Å². The second-order valence-electron chi connectivity index (χ2n) is 11.1. The minimum absolute atomic E-state index is 0.0122. The monoisotopic (exact) mass is 516 g/mol. The fourth-order valence-corrected chi connectivity index (χ4v) is 6.02. The highest BCUT2D eigenvalue weighted by Gasteiger charge is 2.25. The van der Waals surface area contributed by atoms with Crippen molar-refractivity contribution in [3.63, 3.8) is 0 Å². The molecule has 202 valence electrons. The van der Waals surface area contributed by atoms with Crippen LogP contribution >= 0.6 is 0 Å². The van der Waals surface area contributed by atoms with Crippen molar-refractivity contribution in [1.29, 1.82) is 0 Å². The van der Waals surface area contributed by atoms with Gasteiger partial charge in [0.2, 0.25) is 5.91 Å². The topological polar surface area (TPSA) is 98.5 Å². The van der Waals surface area contributed by atoms with E-state index in [1.807, 2.05) is 4.52 Å². The van der Waals surface area contributed by atoms with Crippen LogP contribution in [0, 0.1) is 6.92 Å². The number of hydrogen-bond donors (Lipinski definition) is 3. The molecule has 1 fully saturated rings. The van der Waals surface area contributed by atoms with Gasteiger partial charge in [-0.3, -0.25) is 4.79 Å². The third kappa shape index (κ3) is 5.33. The maximum atomic E-state index is 11.9. The van der Waals surface area contributed by atoms with Gasteiger partial charge in [-0.15, -0.1) is 0 Å². The molecule has 8 heteroatoms. The first-order valence-electron chi connectivity index (χ1n) is 13.9. The largest absolute Gasteiger partial charge is 0.395 e. The van der Waals surface area contributed by atoms with Crippen LogP contribution in [0.3, 0.4) is 0 Å². The summed E-state index contributed by atoms with van der Waals surface area (Å²) in [7, 11) is 0. The molecule has 0 radical (unpaired) electrons. The number of fused-ring (bicyclic) bond motifs is 2. The Labute approximate surface area is 224 Å². The summed E-state index contributed by atoms with van der Waals surface area (Å²) in [6.45, 7) is 11.3. The summed E-state index contributed by atoms with van der Waals surface area (Å²) in [5.74, 6) is 0.943. The molecule has 38 heavy (non-hydrogen) atoms. The van der Waals surface area contributed by atoms with E-state index in [2.05, 4.69) is 83.4 Å². The lowest BCUT2D eigenvalue weighted by Crippen LogP contribution is -2.40. The van der Waals surface area contributed by atoms with Crippen molar-refractivity contribution in [3.05, 3.63) is 53.5 Å². The molecule has 1 aliphatic rings. The van der Waals surface area contributed by atoms with E-state index in [0.717, 1.165) is 49.1 Å². The van der Waals surface area contributed by atoms with Crippen molar-refractivity contribution in [1.82, 2.24) is 29.8 Å². The fourth-order valence-electron chi connectivity index (χ4n) is 6.02. The van der Waals surface area contributed by atoms with Gasteiger partial charge in [-0.05, 0) is 92.9 Å². The maximum Gasteiger partial charge on any atom is 0.220 e. The second kappa shape index (κ2) is 11.3. The number of aliphatic hydroxyl groups excluding tert-OH is 1. The number of H-pyrrole nitrogens is 1. The van der Waals surface area contributed by atoms with E-state index in [9.17, 15) is 4.79 Å². The predicted molar refractivity (Wildman–Crippen MR) is 151 cm³/mol. The lowest BCUT2D eigenvalue weighted by molar-refractivity contribution is -0.121. The SMILES string of the molecule is Cc1cc(-c2[nH]c3ccc(C4CCN(C(C)CCC(=O)NCCO)CC4)cc3c2C(C)C)cn2ncnc12. The molecule has 3 aromatic heterocycles. The first-order valence-corrected chi connectivity index (χ1v) is 13.9. The number of aryl methyl sites for hydroxylation is 1. The predicted octanol–water partition coefficient (Wildman–Crippen LogP) is 4.77. The molecule has 1 saturated heterocycles. The molecular formula is C30H40N6O2. The van der Waals surface area contributed by atoms with Gasteiger partial charge in [0.1, 0.15) is 6.33 Å². The smallest absolute Gasteiger partial charge is 0.220 e. The number of aliphatic hydroxyl groups is 1. The Hall–Kier alpha value is -3.23. The summed E-state index contributed by atoms with van der Waals surface area (Å²) in [4.78, 5) is 22.5. The fraction of sp³-hybridized carbons (Fsp3) is 0.500. The first-order chi connectivity index (χ1) is 18.4. The quantitative estimate of drug-likeness (QED) is 0.298. The number of carbonyl (C=O) groups is 1. The number of nitrogens with one attached hydrogen (secondary N) is 2. The number of likely N-dealkylation sites (tertiary alicyclic amines) is 1. The number of aromatic nitrogens is 4. The van der Waals surface area contributed by atoms with Crippen LogP contribution in [-0.2, 0) is 4.79 Å². The van der Waals surface area contributed by atoms with Gasteiger partial charge in [-0.2, -0.15) is 5.10 Å². The normalized spacial score (nSPS) is 16.1. The first kappa shape index (κ1) is 26.4. The van der Waals surface area contributed by atoms with Crippen LogP contribution in [0.15, 0.2) is 36.8 Å². The summed E-state index contributed by atoms with van der Waals surface area (Å²) in [5, 5.41) is 17.3. The lowest BCUT2D eigenvalue weighted by Gasteiger charge is -2.36. The van der Waals surface area contributed by atoms with Crippen molar-refractivity contribution in [2.45, 2.75) is 71.3 Å². The molecule has 1 atom stereocenters. The summed E-state index contributed by atoms with van der Waals surface area (Å²) in [6, 6.07) is 9.55. The van der Waals surface area contributed by atoms with Crippen molar-refractivity contribution < 1.29 is 9.90 Å². The van der Waals surface area contributed by atoms with Crippen LogP contribution in [0.1, 0.15) is 75.0 Å². The molecule has 0 saturated carbocycles. The van der Waals surface area contributed by atoms with Crippen LogP contribution in [0.4, 0.5) is 0 Å². The number of aromatic amines is 1. The van der Waals surface area contributed by atoms with Gasteiger partial charge in [0, 0.05) is 41.7 Å². The minimum atomic E-state index is -0.0122. The summed E-state index contributed by atoms with van der Waals surface area (Å²) >= 11 is 0. The standard InChI is InChI=1S/C30H40N6O2/c1-19(2)28-25-16-23(22-9-12-35(13-10-22)21(4)5-8-27(38)31-11-14-37)6-7-26(25)34-29(28)24-15-20(3)30-32-18-33-36(30)17-24/h6-7,15-19,21-22,34,37H,5,8-14H2,1-4H3,(H,31,38). The van der Waals surface area contributed by atoms with Crippen molar-refractivity contribution in [2.24, 2.45) is 0 Å². The van der Waals surface area contributed by atoms with Crippen LogP contribution in [-0.4, -0.2) is 67.8 Å². The van der Waals surface area contributed by atoms with Crippen LogP contribution in [0.5, 0.6) is 0 Å². The Morgan fingerprint density at radius 3 is 2.74 bits per heavy atom. The van der Waals surface area contributed by atoms with Gasteiger partial charge in [-0.25, -0.2) is 9.50 Å². The molecule has 1 aromatic carbocycles. The van der Waals surface area contributed by atoms with Crippen LogP contribution in [0.2, 0.25) is 0 Å². The van der Waals surface area contributed by atoms with Gasteiger partial charge in [0.25, 0.3) is 0 Å². The molecule has 1 aliphatic heterocycles. The summed E-state index contributed by atoms with van der Waals surface area (Å²) in [6.07, 6.45) is 7.29. The number of pyridine rings is 1. The van der Waals surface area contributed by atoms with Crippen molar-refractivity contribution in [3.8, 4) is 11.3 Å². The van der Waals surface area contributed by atoms with Crippen molar-refractivity contribution in [2.75, 3.05) is 26.2 Å². The highest BCUT2D eigenvalue weighted by Crippen LogP contribution is 2.38. The van der Waals surface area contributed by atoms with E-state index in [0.29, 0.717) is 30.8 Å². The number of piperidine rings is 1. The van der Waals surface area contributed by atoms with Gasteiger partial charge in [-0.1, -0.05) is 19.9 Å². The Balaban J connectivity index is 1.32. The van der Waals surface area contributed by atoms with E-state index in [-0.39, 0.29) is 12.5 Å². The lowest BCUT2D eigenvalue weighted by atomic mass is 9.87. The number of nitrogens with zero attached hydrogens (tertiary/aromatic N) is 4. The average molecular weight is 517 g/mol. The molecule has 0 spiro atoms. The molecule has 4 heterocycles. The number of rotatable bonds is 9. The van der Waals surface area contributed by atoms with Crippen LogP contribution in [0.25, 0.3) is 27.8 Å². The van der Waals surface area contributed by atoms with Gasteiger partial charge in [0.15, 0.2) is 5.65 Å². The van der Waals surface area contributed by atoms with E-state index in [1.165, 1.54) is 27.7 Å². The third-order valence-corrected chi connectivity index (χ3v) is 8.14.